The molecule has 0 atom stereocenters. The van der Waals surface area contributed by atoms with Gasteiger partial charge in [-0.25, -0.2) is 0 Å². The van der Waals surface area contributed by atoms with Crippen molar-refractivity contribution in [3.05, 3.63) is 29.8 Å². The zero-order valence-electron chi connectivity index (χ0n) is 15.1. The summed E-state index contributed by atoms with van der Waals surface area (Å²) in [6.45, 7) is 1.72. The maximum absolute atomic E-state index is 12.4. The van der Waals surface area contributed by atoms with E-state index in [1.54, 1.807) is 0 Å². The first-order chi connectivity index (χ1) is 12.2. The van der Waals surface area contributed by atoms with Crippen molar-refractivity contribution in [2.24, 2.45) is 5.92 Å². The van der Waals surface area contributed by atoms with Crippen molar-refractivity contribution in [2.45, 2.75) is 64.2 Å². The van der Waals surface area contributed by atoms with Crippen molar-refractivity contribution >= 4 is 17.5 Å². The first-order valence-electron chi connectivity index (χ1n) is 9.91. The van der Waals surface area contributed by atoms with Crippen LogP contribution in [0.2, 0.25) is 0 Å². The number of nitrogens with one attached hydrogen (secondary N) is 1. The molecule has 1 saturated carbocycles. The fourth-order valence-electron chi connectivity index (χ4n) is 4.01. The van der Waals surface area contributed by atoms with E-state index in [0.717, 1.165) is 44.0 Å². The van der Waals surface area contributed by atoms with Crippen LogP contribution in [-0.2, 0) is 4.79 Å². The Morgan fingerprint density at radius 3 is 2.24 bits per heavy atom. The highest BCUT2D eigenvalue weighted by Crippen LogP contribution is 2.27. The monoisotopic (exact) mass is 342 g/mol. The van der Waals surface area contributed by atoms with E-state index in [9.17, 15) is 9.59 Å². The summed E-state index contributed by atoms with van der Waals surface area (Å²) in [7, 11) is 0. The number of nitrogens with zero attached hydrogens (tertiary/aromatic N) is 1. The molecular formula is C21H30N2O2. The Hall–Kier alpha value is -1.84. The van der Waals surface area contributed by atoms with Crippen LogP contribution in [0.5, 0.6) is 0 Å². The maximum Gasteiger partial charge on any atom is 0.253 e. The van der Waals surface area contributed by atoms with Crippen molar-refractivity contribution < 1.29 is 9.59 Å². The van der Waals surface area contributed by atoms with Crippen LogP contribution in [0.1, 0.15) is 74.6 Å². The summed E-state index contributed by atoms with van der Waals surface area (Å²) >= 11 is 0. The van der Waals surface area contributed by atoms with Crippen LogP contribution < -0.4 is 5.32 Å². The summed E-state index contributed by atoms with van der Waals surface area (Å²) in [6.07, 6.45) is 11.6. The lowest BCUT2D eigenvalue weighted by Gasteiger charge is -2.26. The number of piperidine rings is 1. The zero-order valence-corrected chi connectivity index (χ0v) is 15.1. The highest BCUT2D eigenvalue weighted by Gasteiger charge is 2.18. The molecule has 0 unspecified atom stereocenters. The molecule has 1 saturated heterocycles. The molecule has 0 aromatic heterocycles. The average Bonchev–Trinajstić information content (AvgIpc) is 2.68. The van der Waals surface area contributed by atoms with Gasteiger partial charge >= 0.3 is 0 Å². The number of benzene rings is 1. The molecule has 4 heteroatoms. The van der Waals surface area contributed by atoms with Crippen molar-refractivity contribution in [1.82, 2.24) is 4.90 Å². The van der Waals surface area contributed by atoms with Gasteiger partial charge in [0.1, 0.15) is 0 Å². The van der Waals surface area contributed by atoms with E-state index in [1.165, 1.54) is 38.5 Å². The van der Waals surface area contributed by atoms with Crippen LogP contribution in [-0.4, -0.2) is 29.8 Å². The highest BCUT2D eigenvalue weighted by molar-refractivity contribution is 5.95. The third-order valence-corrected chi connectivity index (χ3v) is 5.56. The van der Waals surface area contributed by atoms with Gasteiger partial charge in [0, 0.05) is 30.8 Å². The molecule has 25 heavy (non-hydrogen) atoms. The minimum absolute atomic E-state index is 0.0840. The molecule has 1 heterocycles. The third-order valence-electron chi connectivity index (χ3n) is 5.56. The number of amides is 2. The van der Waals surface area contributed by atoms with E-state index >= 15 is 0 Å². The largest absolute Gasteiger partial charge is 0.339 e. The van der Waals surface area contributed by atoms with Crippen LogP contribution in [0.25, 0.3) is 0 Å². The molecule has 0 spiro atoms. The Labute approximate surface area is 151 Å². The molecule has 1 aliphatic heterocycles. The van der Waals surface area contributed by atoms with E-state index in [1.807, 2.05) is 29.2 Å². The zero-order chi connectivity index (χ0) is 17.5. The lowest BCUT2D eigenvalue weighted by Crippen LogP contribution is -2.35. The minimum atomic E-state index is 0.0840. The normalized spacial score (nSPS) is 18.8. The number of anilines is 1. The van der Waals surface area contributed by atoms with Gasteiger partial charge < -0.3 is 10.2 Å². The number of carbonyl (C=O) groups excluding carboxylic acids is 2. The second-order valence-electron chi connectivity index (χ2n) is 7.52. The number of carbonyl (C=O) groups is 2. The lowest BCUT2D eigenvalue weighted by molar-refractivity contribution is -0.116. The summed E-state index contributed by atoms with van der Waals surface area (Å²) in [6, 6.07) is 7.34. The van der Waals surface area contributed by atoms with E-state index in [2.05, 4.69) is 5.32 Å². The maximum atomic E-state index is 12.4. The molecule has 3 rings (SSSR count). The molecule has 1 aromatic rings. The number of rotatable bonds is 5. The second kappa shape index (κ2) is 9.02. The quantitative estimate of drug-likeness (QED) is 0.849. The van der Waals surface area contributed by atoms with Crippen molar-refractivity contribution in [3.8, 4) is 0 Å². The van der Waals surface area contributed by atoms with Gasteiger partial charge in [0.25, 0.3) is 5.91 Å². The number of hydrogen-bond donors (Lipinski definition) is 1. The third kappa shape index (κ3) is 5.32. The molecular weight excluding hydrogens is 312 g/mol. The molecule has 0 radical (unpaired) electrons. The average molecular weight is 342 g/mol. The molecule has 2 amide bonds. The predicted molar refractivity (Wildman–Crippen MR) is 101 cm³/mol. The van der Waals surface area contributed by atoms with Gasteiger partial charge in [0.05, 0.1) is 0 Å². The molecule has 2 fully saturated rings. The van der Waals surface area contributed by atoms with Gasteiger partial charge in [-0.05, 0) is 55.9 Å². The van der Waals surface area contributed by atoms with Crippen molar-refractivity contribution in [3.63, 3.8) is 0 Å². The molecule has 1 N–H and O–H groups in total. The Balaban J connectivity index is 1.46. The van der Waals surface area contributed by atoms with Crippen LogP contribution in [0.4, 0.5) is 5.69 Å². The predicted octanol–water partition coefficient (Wildman–Crippen LogP) is 4.61. The molecule has 0 bridgehead atoms. The van der Waals surface area contributed by atoms with Gasteiger partial charge in [-0.3, -0.25) is 9.59 Å². The molecule has 1 aliphatic carbocycles. The standard InChI is InChI=1S/C21H30N2O2/c24-20(14-9-17-7-3-1-4-8-17)22-19-12-10-18(11-13-19)21(25)23-15-5-2-6-16-23/h10-13,17H,1-9,14-16H2,(H,22,24). The minimum Gasteiger partial charge on any atom is -0.339 e. The van der Waals surface area contributed by atoms with Gasteiger partial charge in [-0.1, -0.05) is 32.1 Å². The molecule has 2 aliphatic rings. The number of likely N-dealkylation sites (tertiary alicyclic amines) is 1. The van der Waals surface area contributed by atoms with Gasteiger partial charge in [-0.15, -0.1) is 0 Å². The summed E-state index contributed by atoms with van der Waals surface area (Å²) in [4.78, 5) is 26.5. The topological polar surface area (TPSA) is 49.4 Å². The lowest BCUT2D eigenvalue weighted by atomic mass is 9.86. The van der Waals surface area contributed by atoms with Crippen LogP contribution in [0, 0.1) is 5.92 Å². The smallest absolute Gasteiger partial charge is 0.253 e. The van der Waals surface area contributed by atoms with Gasteiger partial charge in [0.2, 0.25) is 5.91 Å². The van der Waals surface area contributed by atoms with E-state index in [-0.39, 0.29) is 11.8 Å². The summed E-state index contributed by atoms with van der Waals surface area (Å²) < 4.78 is 0. The fourth-order valence-corrected chi connectivity index (χ4v) is 4.01. The van der Waals surface area contributed by atoms with Crippen molar-refractivity contribution in [2.75, 3.05) is 18.4 Å². The molecule has 1 aromatic carbocycles. The summed E-state index contributed by atoms with van der Waals surface area (Å²) in [5.74, 6) is 0.916. The van der Waals surface area contributed by atoms with Crippen molar-refractivity contribution in [1.29, 1.82) is 0 Å². The SMILES string of the molecule is O=C(CCC1CCCCC1)Nc1ccc(C(=O)N2CCCCC2)cc1. The first kappa shape index (κ1) is 18.0. The van der Waals surface area contributed by atoms with E-state index in [4.69, 9.17) is 0 Å². The van der Waals surface area contributed by atoms with Gasteiger partial charge in [-0.2, -0.15) is 0 Å². The fraction of sp³-hybridized carbons (Fsp3) is 0.619. The Morgan fingerprint density at radius 1 is 0.920 bits per heavy atom. The van der Waals surface area contributed by atoms with E-state index in [0.29, 0.717) is 12.0 Å². The summed E-state index contributed by atoms with van der Waals surface area (Å²) in [5.41, 5.74) is 1.49. The molecule has 136 valence electrons. The van der Waals surface area contributed by atoms with Crippen LogP contribution in [0.3, 0.4) is 0 Å². The Kier molecular flexibility index (Phi) is 6.48. The second-order valence-corrected chi connectivity index (χ2v) is 7.52. The van der Waals surface area contributed by atoms with Gasteiger partial charge in [0.15, 0.2) is 0 Å². The highest BCUT2D eigenvalue weighted by atomic mass is 16.2. The van der Waals surface area contributed by atoms with Crippen LogP contribution in [0.15, 0.2) is 24.3 Å². The Bertz CT molecular complexity index is 570. The summed E-state index contributed by atoms with van der Waals surface area (Å²) in [5, 5.41) is 2.96. The van der Waals surface area contributed by atoms with E-state index < -0.39 is 0 Å². The molecule has 4 nitrogen and oxygen atoms in total. The Morgan fingerprint density at radius 2 is 1.56 bits per heavy atom. The van der Waals surface area contributed by atoms with Crippen LogP contribution >= 0.6 is 0 Å². The number of hydrogen-bond acceptors (Lipinski definition) is 2. The first-order valence-corrected chi connectivity index (χ1v) is 9.91.